The fourth-order valence-electron chi connectivity index (χ4n) is 3.29. The van der Waals surface area contributed by atoms with Crippen LogP contribution in [0, 0.1) is 19.7 Å². The molecule has 0 fully saturated rings. The summed E-state index contributed by atoms with van der Waals surface area (Å²) < 4.78 is 14.4. The average molecular weight is 450 g/mol. The summed E-state index contributed by atoms with van der Waals surface area (Å²) in [5.74, 6) is -0.274. The van der Waals surface area contributed by atoms with Crippen molar-refractivity contribution in [3.63, 3.8) is 0 Å². The standard InChI is InChI=1S/C23H28FN3OS.ClH/c1-5-26(6-2)11-12-27(22(28)14-18-8-7-16(3)17(4)13-18)23-25-20-10-9-19(24)15-21(20)29-23;/h7-10,13,15H,5-6,11-12,14H2,1-4H3;1H. The largest absolute Gasteiger partial charge is 0.302 e. The first-order valence-electron chi connectivity index (χ1n) is 10.1. The Balaban J connectivity index is 0.00000320. The normalized spacial score (nSPS) is 11.0. The van der Waals surface area contributed by atoms with E-state index in [0.29, 0.717) is 18.1 Å². The number of hydrogen-bond acceptors (Lipinski definition) is 4. The molecule has 0 spiro atoms. The third-order valence-electron chi connectivity index (χ3n) is 5.33. The Morgan fingerprint density at radius 2 is 1.77 bits per heavy atom. The summed E-state index contributed by atoms with van der Waals surface area (Å²) in [6, 6.07) is 10.7. The van der Waals surface area contributed by atoms with Gasteiger partial charge in [0.15, 0.2) is 5.13 Å². The predicted molar refractivity (Wildman–Crippen MR) is 127 cm³/mol. The second-order valence-corrected chi connectivity index (χ2v) is 8.29. The Kier molecular flexibility index (Phi) is 8.77. The summed E-state index contributed by atoms with van der Waals surface area (Å²) in [7, 11) is 0. The molecule has 3 aromatic rings. The Labute approximate surface area is 188 Å². The quantitative estimate of drug-likeness (QED) is 0.462. The number of halogens is 2. The highest BCUT2D eigenvalue weighted by Gasteiger charge is 2.21. The first-order chi connectivity index (χ1) is 13.9. The lowest BCUT2D eigenvalue weighted by molar-refractivity contribution is -0.118. The van der Waals surface area contributed by atoms with E-state index in [1.165, 1.54) is 34.6 Å². The van der Waals surface area contributed by atoms with Gasteiger partial charge in [-0.05, 0) is 61.8 Å². The number of hydrogen-bond donors (Lipinski definition) is 0. The first-order valence-corrected chi connectivity index (χ1v) is 10.9. The number of benzene rings is 2. The third-order valence-corrected chi connectivity index (χ3v) is 6.37. The number of aromatic nitrogens is 1. The van der Waals surface area contributed by atoms with Gasteiger partial charge < -0.3 is 4.90 Å². The fourth-order valence-corrected chi connectivity index (χ4v) is 4.33. The molecule has 30 heavy (non-hydrogen) atoms. The van der Waals surface area contributed by atoms with Gasteiger partial charge in [-0.15, -0.1) is 12.4 Å². The van der Waals surface area contributed by atoms with E-state index in [2.05, 4.69) is 49.7 Å². The van der Waals surface area contributed by atoms with Gasteiger partial charge in [-0.3, -0.25) is 9.69 Å². The average Bonchev–Trinajstić information content (AvgIpc) is 3.10. The molecule has 1 heterocycles. The van der Waals surface area contributed by atoms with Crippen LogP contribution in [0.5, 0.6) is 0 Å². The highest BCUT2D eigenvalue weighted by molar-refractivity contribution is 7.22. The molecular formula is C23H29ClFN3OS. The van der Waals surface area contributed by atoms with E-state index < -0.39 is 0 Å². The van der Waals surface area contributed by atoms with Gasteiger partial charge in [-0.2, -0.15) is 0 Å². The molecule has 0 aliphatic heterocycles. The molecule has 3 rings (SSSR count). The molecule has 0 aliphatic rings. The van der Waals surface area contributed by atoms with Crippen LogP contribution in [-0.2, 0) is 11.2 Å². The third kappa shape index (κ3) is 5.78. The van der Waals surface area contributed by atoms with Gasteiger partial charge in [0.2, 0.25) is 5.91 Å². The number of anilines is 1. The van der Waals surface area contributed by atoms with E-state index >= 15 is 0 Å². The number of nitrogens with zero attached hydrogens (tertiary/aromatic N) is 3. The van der Waals surface area contributed by atoms with Crippen molar-refractivity contribution in [2.24, 2.45) is 0 Å². The molecule has 1 amide bonds. The summed E-state index contributed by atoms with van der Waals surface area (Å²) in [6.07, 6.45) is 0.323. The number of amides is 1. The van der Waals surface area contributed by atoms with Gasteiger partial charge in [0.25, 0.3) is 0 Å². The maximum atomic E-state index is 13.6. The zero-order chi connectivity index (χ0) is 21.0. The van der Waals surface area contributed by atoms with Gasteiger partial charge in [0, 0.05) is 13.1 Å². The molecule has 0 radical (unpaired) electrons. The van der Waals surface area contributed by atoms with Gasteiger partial charge >= 0.3 is 0 Å². The Hall–Kier alpha value is -2.02. The number of likely N-dealkylation sites (N-methyl/N-ethyl adjacent to an activating group) is 1. The van der Waals surface area contributed by atoms with Crippen LogP contribution in [0.15, 0.2) is 36.4 Å². The Bertz CT molecular complexity index is 1000. The Morgan fingerprint density at radius 3 is 2.43 bits per heavy atom. The number of rotatable bonds is 8. The van der Waals surface area contributed by atoms with E-state index in [1.807, 2.05) is 6.07 Å². The minimum absolute atomic E-state index is 0. The van der Waals surface area contributed by atoms with E-state index in [4.69, 9.17) is 0 Å². The van der Waals surface area contributed by atoms with Crippen molar-refractivity contribution in [1.29, 1.82) is 0 Å². The predicted octanol–water partition coefficient (Wildman–Crippen LogP) is 5.39. The van der Waals surface area contributed by atoms with Crippen molar-refractivity contribution in [1.82, 2.24) is 9.88 Å². The fraction of sp³-hybridized carbons (Fsp3) is 0.391. The minimum atomic E-state index is -0.288. The number of carbonyl (C=O) groups is 1. The van der Waals surface area contributed by atoms with Gasteiger partial charge in [-0.1, -0.05) is 43.4 Å². The van der Waals surface area contributed by atoms with Crippen molar-refractivity contribution >= 4 is 45.0 Å². The maximum Gasteiger partial charge on any atom is 0.233 e. The van der Waals surface area contributed by atoms with Gasteiger partial charge in [0.05, 0.1) is 16.6 Å². The van der Waals surface area contributed by atoms with Crippen molar-refractivity contribution in [3.8, 4) is 0 Å². The second-order valence-electron chi connectivity index (χ2n) is 7.28. The number of carbonyl (C=O) groups excluding carboxylic acids is 1. The van der Waals surface area contributed by atoms with Crippen LogP contribution in [0.3, 0.4) is 0 Å². The van der Waals surface area contributed by atoms with Gasteiger partial charge in [0.1, 0.15) is 5.82 Å². The zero-order valence-corrected chi connectivity index (χ0v) is 19.6. The van der Waals surface area contributed by atoms with Crippen LogP contribution in [-0.4, -0.2) is 42.0 Å². The highest BCUT2D eigenvalue weighted by atomic mass is 35.5. The SMILES string of the molecule is CCN(CC)CCN(C(=O)Cc1ccc(C)c(C)c1)c1nc2ccc(F)cc2s1.Cl. The molecule has 0 saturated carbocycles. The van der Waals surface area contributed by atoms with Crippen LogP contribution in [0.2, 0.25) is 0 Å². The summed E-state index contributed by atoms with van der Waals surface area (Å²) in [4.78, 5) is 21.9. The van der Waals surface area contributed by atoms with Crippen molar-refractivity contribution in [2.45, 2.75) is 34.1 Å². The summed E-state index contributed by atoms with van der Waals surface area (Å²) in [5, 5.41) is 0.631. The molecule has 0 atom stereocenters. The molecule has 162 valence electrons. The van der Waals surface area contributed by atoms with Crippen LogP contribution in [0.25, 0.3) is 10.2 Å². The second kappa shape index (κ2) is 10.8. The minimum Gasteiger partial charge on any atom is -0.302 e. The molecule has 0 N–H and O–H groups in total. The number of thiazole rings is 1. The van der Waals surface area contributed by atoms with Crippen molar-refractivity contribution < 1.29 is 9.18 Å². The summed E-state index contributed by atoms with van der Waals surface area (Å²) in [5.41, 5.74) is 4.12. The lowest BCUT2D eigenvalue weighted by Crippen LogP contribution is -2.39. The molecule has 4 nitrogen and oxygen atoms in total. The first kappa shape index (κ1) is 24.3. The topological polar surface area (TPSA) is 36.4 Å². The smallest absolute Gasteiger partial charge is 0.233 e. The molecule has 0 bridgehead atoms. The Morgan fingerprint density at radius 1 is 1.03 bits per heavy atom. The molecule has 7 heteroatoms. The van der Waals surface area contributed by atoms with Crippen LogP contribution in [0.1, 0.15) is 30.5 Å². The van der Waals surface area contributed by atoms with Crippen LogP contribution < -0.4 is 4.90 Å². The van der Waals surface area contributed by atoms with E-state index in [9.17, 15) is 9.18 Å². The van der Waals surface area contributed by atoms with Crippen molar-refractivity contribution in [2.75, 3.05) is 31.1 Å². The zero-order valence-electron chi connectivity index (χ0n) is 17.9. The lowest BCUT2D eigenvalue weighted by atomic mass is 10.0. The molecule has 1 aromatic heterocycles. The molecule has 2 aromatic carbocycles. The van der Waals surface area contributed by atoms with Gasteiger partial charge in [-0.25, -0.2) is 9.37 Å². The number of fused-ring (bicyclic) bond motifs is 1. The van der Waals surface area contributed by atoms with Crippen molar-refractivity contribution in [3.05, 3.63) is 58.9 Å². The van der Waals surface area contributed by atoms with Crippen LogP contribution in [0.4, 0.5) is 9.52 Å². The molecule has 0 unspecified atom stereocenters. The number of aryl methyl sites for hydroxylation is 2. The molecular weight excluding hydrogens is 421 g/mol. The van der Waals surface area contributed by atoms with E-state index in [0.717, 1.165) is 35.4 Å². The summed E-state index contributed by atoms with van der Waals surface area (Å²) in [6.45, 7) is 11.6. The van der Waals surface area contributed by atoms with E-state index in [1.54, 1.807) is 11.0 Å². The molecule has 0 aliphatic carbocycles. The van der Waals surface area contributed by atoms with E-state index in [-0.39, 0.29) is 24.1 Å². The highest BCUT2D eigenvalue weighted by Crippen LogP contribution is 2.30. The lowest BCUT2D eigenvalue weighted by Gasteiger charge is -2.25. The monoisotopic (exact) mass is 449 g/mol. The maximum absolute atomic E-state index is 13.6. The van der Waals surface area contributed by atoms with Crippen LogP contribution >= 0.6 is 23.7 Å². The molecule has 0 saturated heterocycles. The summed E-state index contributed by atoms with van der Waals surface area (Å²) >= 11 is 1.37.